The van der Waals surface area contributed by atoms with Crippen molar-refractivity contribution in [2.75, 3.05) is 6.54 Å². The van der Waals surface area contributed by atoms with E-state index in [0.29, 0.717) is 22.8 Å². The monoisotopic (exact) mass is 375 g/mol. The normalized spacial score (nSPS) is 16.7. The molecule has 1 aromatic carbocycles. The lowest BCUT2D eigenvalue weighted by Gasteiger charge is -2.22. The average molecular weight is 376 g/mol. The van der Waals surface area contributed by atoms with Gasteiger partial charge in [0.15, 0.2) is 0 Å². The van der Waals surface area contributed by atoms with Crippen LogP contribution in [-0.4, -0.2) is 24.7 Å². The first-order chi connectivity index (χ1) is 12.0. The predicted molar refractivity (Wildman–Crippen MR) is 104 cm³/mol. The van der Waals surface area contributed by atoms with Crippen LogP contribution in [0.2, 0.25) is 0 Å². The zero-order valence-corrected chi connectivity index (χ0v) is 17.4. The number of hydrogen-bond acceptors (Lipinski definition) is 3. The molecular weight excluding hydrogens is 346 g/mol. The van der Waals surface area contributed by atoms with Gasteiger partial charge in [0.1, 0.15) is 4.90 Å². The fraction of sp³-hybridized carbons (Fsp3) is 0.550. The quantitative estimate of drug-likeness (QED) is 0.869. The van der Waals surface area contributed by atoms with Crippen LogP contribution in [-0.2, 0) is 21.0 Å². The van der Waals surface area contributed by atoms with E-state index in [1.54, 1.807) is 11.6 Å². The summed E-state index contributed by atoms with van der Waals surface area (Å²) < 4.78 is 30.7. The van der Waals surface area contributed by atoms with Crippen LogP contribution >= 0.6 is 0 Å². The highest BCUT2D eigenvalue weighted by atomic mass is 32.2. The molecule has 6 heteroatoms. The molecule has 0 atom stereocenters. The van der Waals surface area contributed by atoms with Gasteiger partial charge in [-0.3, -0.25) is 4.68 Å². The third-order valence-electron chi connectivity index (χ3n) is 5.30. The van der Waals surface area contributed by atoms with E-state index in [1.807, 2.05) is 39.8 Å². The van der Waals surface area contributed by atoms with Crippen molar-refractivity contribution >= 4 is 10.0 Å². The largest absolute Gasteiger partial charge is 0.263 e. The number of hydrogen-bond donors (Lipinski definition) is 1. The van der Waals surface area contributed by atoms with Crippen LogP contribution in [0.5, 0.6) is 0 Å². The Kier molecular flexibility index (Phi) is 4.56. The molecule has 1 aliphatic carbocycles. The van der Waals surface area contributed by atoms with Crippen molar-refractivity contribution in [2.45, 2.75) is 70.2 Å². The molecule has 2 aromatic rings. The van der Waals surface area contributed by atoms with Crippen LogP contribution < -0.4 is 4.72 Å². The molecular formula is C20H29N3O2S. The van der Waals surface area contributed by atoms with E-state index in [0.717, 1.165) is 12.8 Å². The summed E-state index contributed by atoms with van der Waals surface area (Å²) in [5.74, 6) is 0. The lowest BCUT2D eigenvalue weighted by atomic mass is 9.92. The Morgan fingerprint density at radius 2 is 1.77 bits per heavy atom. The zero-order valence-electron chi connectivity index (χ0n) is 16.5. The van der Waals surface area contributed by atoms with Gasteiger partial charge in [-0.25, -0.2) is 13.1 Å². The minimum atomic E-state index is -3.61. The number of rotatable bonds is 5. The Morgan fingerprint density at radius 3 is 2.27 bits per heavy atom. The molecule has 0 amide bonds. The van der Waals surface area contributed by atoms with Gasteiger partial charge in [0.2, 0.25) is 10.0 Å². The molecule has 1 aliphatic rings. The van der Waals surface area contributed by atoms with Crippen molar-refractivity contribution in [3.05, 3.63) is 46.8 Å². The molecule has 1 fully saturated rings. The van der Waals surface area contributed by atoms with Crippen molar-refractivity contribution in [1.82, 2.24) is 14.5 Å². The van der Waals surface area contributed by atoms with E-state index in [1.165, 1.54) is 11.1 Å². The minimum Gasteiger partial charge on any atom is -0.263 e. The number of nitrogens with one attached hydrogen (secondary N) is 1. The van der Waals surface area contributed by atoms with Gasteiger partial charge in [-0.2, -0.15) is 5.10 Å². The van der Waals surface area contributed by atoms with Gasteiger partial charge in [-0.05, 0) is 65.5 Å². The van der Waals surface area contributed by atoms with Gasteiger partial charge in [0.25, 0.3) is 0 Å². The molecule has 142 valence electrons. The number of aromatic nitrogens is 2. The van der Waals surface area contributed by atoms with E-state index in [-0.39, 0.29) is 11.0 Å². The minimum absolute atomic E-state index is 0.0692. The van der Waals surface area contributed by atoms with Crippen LogP contribution in [0.25, 0.3) is 0 Å². The van der Waals surface area contributed by atoms with Crippen LogP contribution in [0.3, 0.4) is 0 Å². The fourth-order valence-electron chi connectivity index (χ4n) is 3.84. The van der Waals surface area contributed by atoms with Gasteiger partial charge in [0.05, 0.1) is 16.9 Å². The van der Waals surface area contributed by atoms with Crippen molar-refractivity contribution in [2.24, 2.45) is 0 Å². The van der Waals surface area contributed by atoms with Crippen LogP contribution in [0.4, 0.5) is 0 Å². The Balaban J connectivity index is 1.88. The smallest absolute Gasteiger partial charge is 0.244 e. The molecule has 1 heterocycles. The maximum Gasteiger partial charge on any atom is 0.244 e. The van der Waals surface area contributed by atoms with Gasteiger partial charge >= 0.3 is 0 Å². The second-order valence-corrected chi connectivity index (χ2v) is 10.2. The van der Waals surface area contributed by atoms with E-state index >= 15 is 0 Å². The second-order valence-electron chi connectivity index (χ2n) is 8.50. The molecule has 1 N–H and O–H groups in total. The molecule has 1 aromatic heterocycles. The highest BCUT2D eigenvalue weighted by molar-refractivity contribution is 7.89. The Labute approximate surface area is 156 Å². The third-order valence-corrected chi connectivity index (χ3v) is 6.95. The van der Waals surface area contributed by atoms with Gasteiger partial charge < -0.3 is 0 Å². The molecule has 0 unspecified atom stereocenters. The highest BCUT2D eigenvalue weighted by Crippen LogP contribution is 2.49. The van der Waals surface area contributed by atoms with Crippen LogP contribution in [0.15, 0.2) is 29.2 Å². The first-order valence-electron chi connectivity index (χ1n) is 9.10. The first kappa shape index (κ1) is 19.1. The van der Waals surface area contributed by atoms with E-state index in [9.17, 15) is 8.42 Å². The molecule has 0 spiro atoms. The summed E-state index contributed by atoms with van der Waals surface area (Å²) in [5.41, 5.74) is 3.37. The summed E-state index contributed by atoms with van der Waals surface area (Å²) in [6, 6.07) is 8.25. The maximum absolute atomic E-state index is 13.0. The second kappa shape index (κ2) is 6.20. The molecule has 0 bridgehead atoms. The predicted octanol–water partition coefficient (Wildman–Crippen LogP) is 3.57. The SMILES string of the molecule is Cc1ccccc1C1(CNS(=O)(=O)c2c(C)nn(C(C)(C)C)c2C)CC1. The summed E-state index contributed by atoms with van der Waals surface area (Å²) in [6.45, 7) is 12.2. The topological polar surface area (TPSA) is 64.0 Å². The summed E-state index contributed by atoms with van der Waals surface area (Å²) in [7, 11) is -3.61. The van der Waals surface area contributed by atoms with Gasteiger partial charge in [-0.1, -0.05) is 24.3 Å². The van der Waals surface area contributed by atoms with E-state index in [2.05, 4.69) is 28.9 Å². The summed E-state index contributed by atoms with van der Waals surface area (Å²) in [6.07, 6.45) is 2.03. The molecule has 0 radical (unpaired) electrons. The standard InChI is InChI=1S/C20H29N3O2S/c1-14-9-7-8-10-17(14)20(11-12-20)13-21-26(24,25)18-15(2)22-23(16(18)3)19(4,5)6/h7-10,21H,11-13H2,1-6H3. The molecule has 1 saturated carbocycles. The first-order valence-corrected chi connectivity index (χ1v) is 10.6. The number of aryl methyl sites for hydroxylation is 2. The third kappa shape index (κ3) is 3.32. The molecule has 0 saturated heterocycles. The number of benzene rings is 1. The molecule has 3 rings (SSSR count). The Hall–Kier alpha value is -1.66. The summed E-state index contributed by atoms with van der Waals surface area (Å²) in [4.78, 5) is 0.313. The summed E-state index contributed by atoms with van der Waals surface area (Å²) in [5, 5.41) is 4.48. The summed E-state index contributed by atoms with van der Waals surface area (Å²) >= 11 is 0. The van der Waals surface area contributed by atoms with Crippen molar-refractivity contribution < 1.29 is 8.42 Å². The number of sulfonamides is 1. The van der Waals surface area contributed by atoms with Crippen molar-refractivity contribution in [3.63, 3.8) is 0 Å². The van der Waals surface area contributed by atoms with Crippen molar-refractivity contribution in [1.29, 1.82) is 0 Å². The lowest BCUT2D eigenvalue weighted by Crippen LogP contribution is -2.33. The lowest BCUT2D eigenvalue weighted by molar-refractivity contribution is 0.345. The zero-order chi connectivity index (χ0) is 19.3. The van der Waals surface area contributed by atoms with E-state index in [4.69, 9.17) is 0 Å². The van der Waals surface area contributed by atoms with Gasteiger partial charge in [-0.15, -0.1) is 0 Å². The average Bonchev–Trinajstić information content (AvgIpc) is 3.24. The Bertz CT molecular complexity index is 932. The number of nitrogens with zero attached hydrogens (tertiary/aromatic N) is 2. The maximum atomic E-state index is 13.0. The van der Waals surface area contributed by atoms with Gasteiger partial charge in [0, 0.05) is 12.0 Å². The van der Waals surface area contributed by atoms with Crippen LogP contribution in [0.1, 0.15) is 56.1 Å². The van der Waals surface area contributed by atoms with Crippen LogP contribution in [0, 0.1) is 20.8 Å². The Morgan fingerprint density at radius 1 is 1.15 bits per heavy atom. The molecule has 0 aliphatic heterocycles. The molecule has 26 heavy (non-hydrogen) atoms. The fourth-order valence-corrected chi connectivity index (χ4v) is 5.35. The van der Waals surface area contributed by atoms with E-state index < -0.39 is 10.0 Å². The van der Waals surface area contributed by atoms with Crippen molar-refractivity contribution in [3.8, 4) is 0 Å². The highest BCUT2D eigenvalue weighted by Gasteiger charge is 2.46. The molecule has 5 nitrogen and oxygen atoms in total.